The largest absolute Gasteiger partial charge is 0.493 e. The molecular formula is C22H32N4O4. The number of anilines is 1. The fourth-order valence-electron chi connectivity index (χ4n) is 2.68. The van der Waals surface area contributed by atoms with Crippen molar-refractivity contribution in [2.75, 3.05) is 26.1 Å². The third-order valence-corrected chi connectivity index (χ3v) is 4.42. The zero-order chi connectivity index (χ0) is 22.7. The lowest BCUT2D eigenvalue weighted by Gasteiger charge is -2.23. The van der Waals surface area contributed by atoms with E-state index in [1.807, 2.05) is 31.5 Å². The van der Waals surface area contributed by atoms with Gasteiger partial charge in [-0.3, -0.25) is 9.59 Å². The Morgan fingerprint density at radius 3 is 2.27 bits per heavy atom. The Kier molecular flexibility index (Phi) is 6.80. The number of ether oxygens (including phenoxy) is 2. The van der Waals surface area contributed by atoms with Crippen LogP contribution in [0.2, 0.25) is 0 Å². The van der Waals surface area contributed by atoms with Gasteiger partial charge in [0.25, 0.3) is 11.8 Å². The van der Waals surface area contributed by atoms with Crippen molar-refractivity contribution >= 4 is 17.6 Å². The van der Waals surface area contributed by atoms with Crippen molar-refractivity contribution in [1.29, 1.82) is 0 Å². The van der Waals surface area contributed by atoms with Gasteiger partial charge in [-0.05, 0) is 39.0 Å². The first-order valence-corrected chi connectivity index (χ1v) is 9.80. The highest BCUT2D eigenvalue weighted by molar-refractivity contribution is 6.04. The van der Waals surface area contributed by atoms with Gasteiger partial charge in [-0.25, -0.2) is 4.68 Å². The van der Waals surface area contributed by atoms with Gasteiger partial charge >= 0.3 is 0 Å². The number of carbonyl (C=O) groups is 2. The molecule has 0 fully saturated rings. The number of aromatic nitrogens is 2. The monoisotopic (exact) mass is 416 g/mol. The predicted octanol–water partition coefficient (Wildman–Crippen LogP) is 3.32. The molecule has 0 radical (unpaired) electrons. The SMILES string of the molecule is CNC(=O)COc1ccc(C(=O)Nc2cc(C(C)(C)C)nn2C(C)(C)C)cc1OC. The van der Waals surface area contributed by atoms with Crippen molar-refractivity contribution in [2.45, 2.75) is 52.5 Å². The number of hydrogen-bond acceptors (Lipinski definition) is 5. The molecule has 0 saturated heterocycles. The van der Waals surface area contributed by atoms with Crippen molar-refractivity contribution in [3.05, 3.63) is 35.5 Å². The summed E-state index contributed by atoms with van der Waals surface area (Å²) in [6.45, 7) is 12.2. The van der Waals surface area contributed by atoms with E-state index >= 15 is 0 Å². The minimum Gasteiger partial charge on any atom is -0.493 e. The van der Waals surface area contributed by atoms with Crippen LogP contribution >= 0.6 is 0 Å². The maximum absolute atomic E-state index is 12.9. The lowest BCUT2D eigenvalue weighted by atomic mass is 9.92. The fourth-order valence-corrected chi connectivity index (χ4v) is 2.68. The molecule has 0 aliphatic rings. The summed E-state index contributed by atoms with van der Waals surface area (Å²) in [4.78, 5) is 24.3. The van der Waals surface area contributed by atoms with E-state index in [0.717, 1.165) is 5.69 Å². The number of rotatable bonds is 6. The van der Waals surface area contributed by atoms with Crippen LogP contribution in [0.5, 0.6) is 11.5 Å². The van der Waals surface area contributed by atoms with Crippen LogP contribution < -0.4 is 20.1 Å². The Morgan fingerprint density at radius 2 is 1.73 bits per heavy atom. The van der Waals surface area contributed by atoms with Crippen molar-refractivity contribution < 1.29 is 19.1 Å². The Labute approximate surface area is 177 Å². The molecule has 2 amide bonds. The summed E-state index contributed by atoms with van der Waals surface area (Å²) in [6, 6.07) is 6.72. The molecule has 0 aliphatic heterocycles. The second kappa shape index (κ2) is 8.77. The third-order valence-electron chi connectivity index (χ3n) is 4.42. The van der Waals surface area contributed by atoms with Gasteiger partial charge < -0.3 is 20.1 Å². The average Bonchev–Trinajstić information content (AvgIpc) is 3.10. The van der Waals surface area contributed by atoms with Crippen LogP contribution in [0, 0.1) is 0 Å². The first-order valence-electron chi connectivity index (χ1n) is 9.80. The Balaban J connectivity index is 2.29. The first kappa shape index (κ1) is 23.3. The molecule has 0 atom stereocenters. The highest BCUT2D eigenvalue weighted by atomic mass is 16.5. The van der Waals surface area contributed by atoms with E-state index in [1.165, 1.54) is 14.2 Å². The molecule has 1 aromatic carbocycles. The molecule has 1 heterocycles. The van der Waals surface area contributed by atoms with E-state index in [0.29, 0.717) is 22.9 Å². The molecule has 0 saturated carbocycles. The van der Waals surface area contributed by atoms with Crippen molar-refractivity contribution in [2.24, 2.45) is 0 Å². The van der Waals surface area contributed by atoms with Gasteiger partial charge in [0.05, 0.1) is 18.3 Å². The average molecular weight is 417 g/mol. The van der Waals surface area contributed by atoms with Gasteiger partial charge in [0.15, 0.2) is 18.1 Å². The normalized spacial score (nSPS) is 11.7. The molecule has 0 unspecified atom stereocenters. The van der Waals surface area contributed by atoms with Gasteiger partial charge in [0.2, 0.25) is 0 Å². The van der Waals surface area contributed by atoms with Gasteiger partial charge in [0.1, 0.15) is 5.82 Å². The third kappa shape index (κ3) is 5.52. The maximum Gasteiger partial charge on any atom is 0.257 e. The number of benzene rings is 1. The Hall–Kier alpha value is -3.03. The van der Waals surface area contributed by atoms with E-state index in [-0.39, 0.29) is 29.4 Å². The second-order valence-electron chi connectivity index (χ2n) is 9.03. The molecule has 30 heavy (non-hydrogen) atoms. The van der Waals surface area contributed by atoms with Crippen LogP contribution in [0.4, 0.5) is 5.82 Å². The number of nitrogens with one attached hydrogen (secondary N) is 2. The van der Waals surface area contributed by atoms with Crippen LogP contribution in [0.3, 0.4) is 0 Å². The molecule has 0 bridgehead atoms. The molecule has 164 valence electrons. The first-order chi connectivity index (χ1) is 13.9. The molecule has 8 nitrogen and oxygen atoms in total. The summed E-state index contributed by atoms with van der Waals surface area (Å²) in [5.41, 5.74) is 0.839. The maximum atomic E-state index is 12.9. The quantitative estimate of drug-likeness (QED) is 0.753. The predicted molar refractivity (Wildman–Crippen MR) is 116 cm³/mol. The summed E-state index contributed by atoms with van der Waals surface area (Å²) in [6.07, 6.45) is 0. The summed E-state index contributed by atoms with van der Waals surface area (Å²) in [5, 5.41) is 10.2. The standard InChI is InChI=1S/C22H32N4O4/c1-21(2,3)17-12-18(26(25-17)22(4,5)6)24-20(28)14-9-10-15(16(11-14)29-8)30-13-19(27)23-7/h9-12H,13H2,1-8H3,(H,23,27)(H,24,28). The van der Waals surface area contributed by atoms with Crippen LogP contribution in [0.15, 0.2) is 24.3 Å². The van der Waals surface area contributed by atoms with E-state index in [1.54, 1.807) is 18.2 Å². The number of carbonyl (C=O) groups excluding carboxylic acids is 2. The zero-order valence-electron chi connectivity index (χ0n) is 19.0. The van der Waals surface area contributed by atoms with Crippen LogP contribution in [0.25, 0.3) is 0 Å². The zero-order valence-corrected chi connectivity index (χ0v) is 19.0. The molecule has 2 N–H and O–H groups in total. The number of amides is 2. The number of likely N-dealkylation sites (N-methyl/N-ethyl adjacent to an activating group) is 1. The summed E-state index contributed by atoms with van der Waals surface area (Å²) in [5.74, 6) is 0.816. The summed E-state index contributed by atoms with van der Waals surface area (Å²) in [7, 11) is 3.01. The molecular weight excluding hydrogens is 384 g/mol. The molecule has 8 heteroatoms. The van der Waals surface area contributed by atoms with Crippen LogP contribution in [-0.2, 0) is 15.7 Å². The highest BCUT2D eigenvalue weighted by Crippen LogP contribution is 2.30. The van der Waals surface area contributed by atoms with E-state index in [9.17, 15) is 9.59 Å². The topological polar surface area (TPSA) is 94.5 Å². The lowest BCUT2D eigenvalue weighted by Crippen LogP contribution is -2.27. The van der Waals surface area contributed by atoms with Gasteiger partial charge in [-0.15, -0.1) is 0 Å². The Morgan fingerprint density at radius 1 is 1.07 bits per heavy atom. The smallest absolute Gasteiger partial charge is 0.257 e. The molecule has 0 aliphatic carbocycles. The van der Waals surface area contributed by atoms with Crippen molar-refractivity contribution in [3.8, 4) is 11.5 Å². The van der Waals surface area contributed by atoms with Crippen molar-refractivity contribution in [3.63, 3.8) is 0 Å². The summed E-state index contributed by atoms with van der Waals surface area (Å²) >= 11 is 0. The number of methoxy groups -OCH3 is 1. The Bertz CT molecular complexity index is 920. The molecule has 2 aromatic rings. The van der Waals surface area contributed by atoms with Crippen molar-refractivity contribution in [1.82, 2.24) is 15.1 Å². The van der Waals surface area contributed by atoms with Gasteiger partial charge in [-0.2, -0.15) is 5.10 Å². The molecule has 1 aromatic heterocycles. The fraction of sp³-hybridized carbons (Fsp3) is 0.500. The van der Waals surface area contributed by atoms with Crippen LogP contribution in [-0.4, -0.2) is 42.4 Å². The van der Waals surface area contributed by atoms with E-state index in [4.69, 9.17) is 14.6 Å². The second-order valence-corrected chi connectivity index (χ2v) is 9.03. The van der Waals surface area contributed by atoms with Crippen LogP contribution in [0.1, 0.15) is 57.6 Å². The molecule has 0 spiro atoms. The minimum absolute atomic E-state index is 0.140. The minimum atomic E-state index is -0.304. The summed E-state index contributed by atoms with van der Waals surface area (Å²) < 4.78 is 12.6. The van der Waals surface area contributed by atoms with E-state index in [2.05, 4.69) is 31.4 Å². The highest BCUT2D eigenvalue weighted by Gasteiger charge is 2.26. The number of nitrogens with zero attached hydrogens (tertiary/aromatic N) is 2. The van der Waals surface area contributed by atoms with Gasteiger partial charge in [0, 0.05) is 24.1 Å². The lowest BCUT2D eigenvalue weighted by molar-refractivity contribution is -0.122. The van der Waals surface area contributed by atoms with E-state index < -0.39 is 0 Å². The van der Waals surface area contributed by atoms with Gasteiger partial charge in [-0.1, -0.05) is 20.8 Å². The number of hydrogen-bond donors (Lipinski definition) is 2. The molecule has 2 rings (SSSR count).